The summed E-state index contributed by atoms with van der Waals surface area (Å²) >= 11 is 1.32. The van der Waals surface area contributed by atoms with Gasteiger partial charge in [-0.2, -0.15) is 5.10 Å². The van der Waals surface area contributed by atoms with Crippen LogP contribution in [-0.4, -0.2) is 26.3 Å². The molecule has 0 aliphatic rings. The lowest BCUT2D eigenvalue weighted by Gasteiger charge is -2.05. The zero-order valence-corrected chi connectivity index (χ0v) is 17.1. The largest absolute Gasteiger partial charge is 0.325 e. The van der Waals surface area contributed by atoms with E-state index in [1.807, 2.05) is 24.3 Å². The average Bonchev–Trinajstić information content (AvgIpc) is 3.22. The van der Waals surface area contributed by atoms with Crippen molar-refractivity contribution in [3.05, 3.63) is 91.0 Å². The van der Waals surface area contributed by atoms with Gasteiger partial charge in [0.2, 0.25) is 5.91 Å². The summed E-state index contributed by atoms with van der Waals surface area (Å²) in [5.41, 5.74) is 3.14. The van der Waals surface area contributed by atoms with Gasteiger partial charge in [0.25, 0.3) is 0 Å². The van der Waals surface area contributed by atoms with E-state index < -0.39 is 5.82 Å². The molecule has 0 aliphatic heterocycles. The Bertz CT molecular complexity index is 1410. The summed E-state index contributed by atoms with van der Waals surface area (Å²) in [6, 6.07) is 22.2. The van der Waals surface area contributed by atoms with Crippen LogP contribution in [0.2, 0.25) is 0 Å². The predicted molar refractivity (Wildman–Crippen MR) is 122 cm³/mol. The molecule has 0 saturated heterocycles. The first-order valence-corrected chi connectivity index (χ1v) is 10.7. The topological polar surface area (TPSA) is 59.3 Å². The highest BCUT2D eigenvalue weighted by Gasteiger charge is 2.13. The number of hydrogen-bond acceptors (Lipinski definition) is 4. The van der Waals surface area contributed by atoms with Crippen molar-refractivity contribution in [3.8, 4) is 11.3 Å². The summed E-state index contributed by atoms with van der Waals surface area (Å²) in [5, 5.41) is 10.4. The number of thioether (sulfide) groups is 1. The minimum absolute atomic E-state index is 0.151. The molecule has 2 heterocycles. The van der Waals surface area contributed by atoms with Gasteiger partial charge in [0.15, 0.2) is 0 Å². The zero-order chi connectivity index (χ0) is 21.2. The van der Waals surface area contributed by atoms with E-state index in [-0.39, 0.29) is 11.7 Å². The molecule has 0 fully saturated rings. The van der Waals surface area contributed by atoms with E-state index in [1.54, 1.807) is 29.0 Å². The van der Waals surface area contributed by atoms with Crippen LogP contribution in [0.25, 0.3) is 27.5 Å². The summed E-state index contributed by atoms with van der Waals surface area (Å²) in [6.07, 6.45) is 3.46. The fraction of sp³-hybridized carbons (Fsp3) is 0.0417. The van der Waals surface area contributed by atoms with Crippen LogP contribution >= 0.6 is 11.8 Å². The second-order valence-electron chi connectivity index (χ2n) is 6.97. The van der Waals surface area contributed by atoms with Gasteiger partial charge >= 0.3 is 0 Å². The smallest absolute Gasteiger partial charge is 0.234 e. The summed E-state index contributed by atoms with van der Waals surface area (Å²) in [7, 11) is 0. The van der Waals surface area contributed by atoms with Crippen molar-refractivity contribution in [3.63, 3.8) is 0 Å². The van der Waals surface area contributed by atoms with Gasteiger partial charge in [0.1, 0.15) is 10.8 Å². The first-order valence-electron chi connectivity index (χ1n) is 9.68. The van der Waals surface area contributed by atoms with Gasteiger partial charge in [0, 0.05) is 23.6 Å². The van der Waals surface area contributed by atoms with Crippen LogP contribution in [-0.2, 0) is 4.79 Å². The Morgan fingerprint density at radius 1 is 1.03 bits per heavy atom. The summed E-state index contributed by atoms with van der Waals surface area (Å²) < 4.78 is 15.1. The van der Waals surface area contributed by atoms with Crippen molar-refractivity contribution in [2.45, 2.75) is 5.03 Å². The van der Waals surface area contributed by atoms with E-state index >= 15 is 0 Å². The Morgan fingerprint density at radius 2 is 1.87 bits per heavy atom. The maximum Gasteiger partial charge on any atom is 0.234 e. The van der Waals surface area contributed by atoms with Gasteiger partial charge in [-0.3, -0.25) is 4.79 Å². The second kappa shape index (κ2) is 8.20. The van der Waals surface area contributed by atoms with E-state index in [9.17, 15) is 9.18 Å². The monoisotopic (exact) mass is 428 g/mol. The molecular weight excluding hydrogens is 411 g/mol. The molecule has 5 aromatic rings. The lowest BCUT2D eigenvalue weighted by atomic mass is 10.0. The third kappa shape index (κ3) is 4.00. The average molecular weight is 428 g/mol. The number of carbonyl (C=O) groups excluding carboxylic acids is 1. The molecule has 0 saturated carbocycles. The van der Waals surface area contributed by atoms with Crippen LogP contribution < -0.4 is 5.32 Å². The van der Waals surface area contributed by atoms with E-state index in [2.05, 4.69) is 34.6 Å². The fourth-order valence-electron chi connectivity index (χ4n) is 3.49. The Kier molecular flexibility index (Phi) is 5.09. The number of hydrogen-bond donors (Lipinski definition) is 1. The van der Waals surface area contributed by atoms with E-state index in [0.717, 1.165) is 27.5 Å². The molecular formula is C24H17FN4OS. The number of carbonyl (C=O) groups is 1. The van der Waals surface area contributed by atoms with Crippen LogP contribution in [0.5, 0.6) is 0 Å². The maximum atomic E-state index is 13.3. The van der Waals surface area contributed by atoms with Crippen LogP contribution in [0.15, 0.2) is 90.2 Å². The molecule has 0 atom stereocenters. The second-order valence-corrected chi connectivity index (χ2v) is 7.93. The van der Waals surface area contributed by atoms with Gasteiger partial charge < -0.3 is 5.32 Å². The molecule has 0 radical (unpaired) electrons. The van der Waals surface area contributed by atoms with Gasteiger partial charge in [-0.1, -0.05) is 60.3 Å². The maximum absolute atomic E-state index is 13.3. The Morgan fingerprint density at radius 3 is 2.77 bits per heavy atom. The molecule has 2 aromatic heterocycles. The highest BCUT2D eigenvalue weighted by atomic mass is 32.2. The Labute approximate surface area is 181 Å². The van der Waals surface area contributed by atoms with Crippen molar-refractivity contribution in [1.82, 2.24) is 14.6 Å². The first-order chi connectivity index (χ1) is 15.2. The lowest BCUT2D eigenvalue weighted by molar-refractivity contribution is -0.113. The number of halogens is 1. The SMILES string of the molecule is O=C(CSc1nccn2nc(-c3cccc4ccccc34)cc12)Nc1cccc(F)c1. The van der Waals surface area contributed by atoms with Crippen molar-refractivity contribution in [2.24, 2.45) is 0 Å². The minimum Gasteiger partial charge on any atom is -0.325 e. The van der Waals surface area contributed by atoms with Crippen LogP contribution in [0.1, 0.15) is 0 Å². The van der Waals surface area contributed by atoms with E-state index in [0.29, 0.717) is 10.7 Å². The normalized spacial score (nSPS) is 11.1. The number of nitrogens with one attached hydrogen (secondary N) is 1. The molecule has 3 aromatic carbocycles. The summed E-state index contributed by atoms with van der Waals surface area (Å²) in [6.45, 7) is 0. The van der Waals surface area contributed by atoms with Crippen LogP contribution in [0, 0.1) is 5.82 Å². The lowest BCUT2D eigenvalue weighted by Crippen LogP contribution is -2.14. The molecule has 7 heteroatoms. The number of benzene rings is 3. The molecule has 1 N–H and O–H groups in total. The minimum atomic E-state index is -0.392. The number of aromatic nitrogens is 3. The van der Waals surface area contributed by atoms with Gasteiger partial charge in [-0.05, 0) is 35.0 Å². The molecule has 0 bridgehead atoms. The molecule has 5 rings (SSSR count). The van der Waals surface area contributed by atoms with Crippen molar-refractivity contribution in [2.75, 3.05) is 11.1 Å². The Hall–Kier alpha value is -3.71. The number of rotatable bonds is 5. The number of nitrogens with zero attached hydrogens (tertiary/aromatic N) is 3. The number of amides is 1. The zero-order valence-electron chi connectivity index (χ0n) is 16.3. The van der Waals surface area contributed by atoms with E-state index in [1.165, 1.54) is 23.9 Å². The molecule has 0 aliphatic carbocycles. The van der Waals surface area contributed by atoms with Crippen molar-refractivity contribution < 1.29 is 9.18 Å². The standard InChI is InChI=1S/C24H17FN4OS/c25-17-7-4-8-18(13-17)27-23(30)15-31-24-22-14-21(28-29(22)12-11-26-24)20-10-3-6-16-5-1-2-9-19(16)20/h1-14H,15H2,(H,27,30). The summed E-state index contributed by atoms with van der Waals surface area (Å²) in [5.74, 6) is -0.469. The third-order valence-electron chi connectivity index (χ3n) is 4.87. The van der Waals surface area contributed by atoms with E-state index in [4.69, 9.17) is 5.10 Å². The first kappa shape index (κ1) is 19.3. The third-order valence-corrected chi connectivity index (χ3v) is 5.86. The molecule has 0 spiro atoms. The molecule has 0 unspecified atom stereocenters. The molecule has 31 heavy (non-hydrogen) atoms. The predicted octanol–water partition coefficient (Wildman–Crippen LogP) is 5.42. The quantitative estimate of drug-likeness (QED) is 0.380. The molecule has 1 amide bonds. The number of anilines is 1. The summed E-state index contributed by atoms with van der Waals surface area (Å²) in [4.78, 5) is 16.7. The molecule has 5 nitrogen and oxygen atoms in total. The Balaban J connectivity index is 1.40. The van der Waals surface area contributed by atoms with Crippen LogP contribution in [0.3, 0.4) is 0 Å². The molecule has 152 valence electrons. The van der Waals surface area contributed by atoms with Gasteiger partial charge in [0.05, 0.1) is 17.0 Å². The number of fused-ring (bicyclic) bond motifs is 2. The highest BCUT2D eigenvalue weighted by Crippen LogP contribution is 2.30. The van der Waals surface area contributed by atoms with Crippen molar-refractivity contribution >= 4 is 39.6 Å². The fourth-order valence-corrected chi connectivity index (χ4v) is 4.26. The van der Waals surface area contributed by atoms with Gasteiger partial charge in [-0.15, -0.1) is 0 Å². The van der Waals surface area contributed by atoms with Crippen LogP contribution in [0.4, 0.5) is 10.1 Å². The van der Waals surface area contributed by atoms with Gasteiger partial charge in [-0.25, -0.2) is 13.9 Å². The van der Waals surface area contributed by atoms with Crippen molar-refractivity contribution in [1.29, 1.82) is 0 Å². The highest BCUT2D eigenvalue weighted by molar-refractivity contribution is 8.00.